The second kappa shape index (κ2) is 11.0. The summed E-state index contributed by atoms with van der Waals surface area (Å²) in [6.07, 6.45) is -3.76. The predicted octanol–water partition coefficient (Wildman–Crippen LogP) is 2.06. The molecule has 0 unspecified atom stereocenters. The van der Waals surface area contributed by atoms with Gasteiger partial charge in [0.1, 0.15) is 10.7 Å². The third-order valence-electron chi connectivity index (χ3n) is 2.41. The van der Waals surface area contributed by atoms with E-state index < -0.39 is 12.7 Å². The lowest BCUT2D eigenvalue weighted by molar-refractivity contribution is -0.143. The minimum absolute atomic E-state index is 0. The van der Waals surface area contributed by atoms with Gasteiger partial charge in [0.15, 0.2) is 0 Å². The summed E-state index contributed by atoms with van der Waals surface area (Å²) in [7, 11) is 1.39. The van der Waals surface area contributed by atoms with Gasteiger partial charge in [0.25, 0.3) is 5.91 Å². The second-order valence-electron chi connectivity index (χ2n) is 4.29. The lowest BCUT2D eigenvalue weighted by atomic mass is 10.3. The average Bonchev–Trinajstić information content (AvgIpc) is 2.81. The molecule has 0 saturated carbocycles. The number of nitrogens with one attached hydrogen (secondary N) is 1. The molecular formula is C11H19Cl2F3N4OS. The molecule has 3 N–H and O–H groups in total. The molecule has 0 radical (unpaired) electrons. The van der Waals surface area contributed by atoms with Crippen molar-refractivity contribution in [2.24, 2.45) is 5.73 Å². The van der Waals surface area contributed by atoms with E-state index in [0.717, 1.165) is 0 Å². The molecule has 1 amide bonds. The monoisotopic (exact) mass is 382 g/mol. The molecule has 1 aromatic heterocycles. The number of alkyl halides is 3. The Labute approximate surface area is 143 Å². The van der Waals surface area contributed by atoms with Gasteiger partial charge in [-0.25, -0.2) is 4.98 Å². The Bertz CT molecular complexity index is 445. The fraction of sp³-hybridized carbons (Fsp3) is 0.636. The fourth-order valence-electron chi connectivity index (χ4n) is 1.54. The van der Waals surface area contributed by atoms with Crippen LogP contribution in [-0.4, -0.2) is 48.6 Å². The van der Waals surface area contributed by atoms with Crippen molar-refractivity contribution in [3.8, 4) is 0 Å². The standard InChI is InChI=1S/C11H17F3N4OS.2ClH/c1-18(7-11(12,13)14)4-2-3-16-10(19)8-6-20-9(5-15)17-8;;/h6H,2-5,7,15H2,1H3,(H,16,19);2*1H. The fourth-order valence-corrected chi connectivity index (χ4v) is 2.19. The van der Waals surface area contributed by atoms with E-state index in [9.17, 15) is 18.0 Å². The number of amides is 1. The number of nitrogens with two attached hydrogens (primary N) is 1. The summed E-state index contributed by atoms with van der Waals surface area (Å²) < 4.78 is 36.2. The number of hydrogen-bond donors (Lipinski definition) is 2. The van der Waals surface area contributed by atoms with Crippen LogP contribution >= 0.6 is 36.2 Å². The molecule has 0 saturated heterocycles. The van der Waals surface area contributed by atoms with Crippen molar-refractivity contribution in [2.45, 2.75) is 19.1 Å². The van der Waals surface area contributed by atoms with Crippen molar-refractivity contribution < 1.29 is 18.0 Å². The lowest BCUT2D eigenvalue weighted by Gasteiger charge is -2.18. The Balaban J connectivity index is 0. The maximum atomic E-state index is 12.1. The first kappa shape index (κ1) is 23.7. The highest BCUT2D eigenvalue weighted by Gasteiger charge is 2.28. The zero-order valence-electron chi connectivity index (χ0n) is 11.9. The molecular weight excluding hydrogens is 364 g/mol. The van der Waals surface area contributed by atoms with Gasteiger partial charge in [0.05, 0.1) is 6.54 Å². The molecule has 0 spiro atoms. The Hall–Kier alpha value is -0.610. The second-order valence-corrected chi connectivity index (χ2v) is 5.24. The van der Waals surface area contributed by atoms with Crippen molar-refractivity contribution in [3.63, 3.8) is 0 Å². The van der Waals surface area contributed by atoms with Gasteiger partial charge in [0.2, 0.25) is 0 Å². The van der Waals surface area contributed by atoms with Gasteiger partial charge >= 0.3 is 6.18 Å². The number of halogens is 5. The number of hydrogen-bond acceptors (Lipinski definition) is 5. The van der Waals surface area contributed by atoms with E-state index in [1.54, 1.807) is 5.38 Å². The van der Waals surface area contributed by atoms with E-state index in [-0.39, 0.29) is 43.8 Å². The molecule has 0 aliphatic heterocycles. The SMILES string of the molecule is CN(CCCNC(=O)c1csc(CN)n1)CC(F)(F)F.Cl.Cl. The number of carbonyl (C=O) groups is 1. The maximum Gasteiger partial charge on any atom is 0.401 e. The smallest absolute Gasteiger partial charge is 0.351 e. The lowest BCUT2D eigenvalue weighted by Crippen LogP contribution is -2.33. The molecule has 0 bridgehead atoms. The van der Waals surface area contributed by atoms with Crippen molar-refractivity contribution in [2.75, 3.05) is 26.7 Å². The van der Waals surface area contributed by atoms with Gasteiger partial charge in [-0.05, 0) is 20.0 Å². The summed E-state index contributed by atoms with van der Waals surface area (Å²) in [6, 6.07) is 0. The topological polar surface area (TPSA) is 71.2 Å². The summed E-state index contributed by atoms with van der Waals surface area (Å²) in [6.45, 7) is -0.117. The van der Waals surface area contributed by atoms with Crippen LogP contribution in [0.2, 0.25) is 0 Å². The zero-order valence-corrected chi connectivity index (χ0v) is 14.3. The van der Waals surface area contributed by atoms with Crippen molar-refractivity contribution in [1.82, 2.24) is 15.2 Å². The van der Waals surface area contributed by atoms with Crippen LogP contribution < -0.4 is 11.1 Å². The van der Waals surface area contributed by atoms with Crippen LogP contribution in [0, 0.1) is 0 Å². The van der Waals surface area contributed by atoms with Crippen LogP contribution in [-0.2, 0) is 6.54 Å². The van der Waals surface area contributed by atoms with E-state index in [2.05, 4.69) is 10.3 Å². The normalized spacial score (nSPS) is 10.8. The number of carbonyl (C=O) groups excluding carboxylic acids is 1. The number of nitrogens with zero attached hydrogens (tertiary/aromatic N) is 2. The minimum atomic E-state index is -4.20. The van der Waals surface area contributed by atoms with Gasteiger partial charge < -0.3 is 11.1 Å². The Morgan fingerprint density at radius 2 is 2.09 bits per heavy atom. The first-order valence-corrected chi connectivity index (χ1v) is 6.88. The van der Waals surface area contributed by atoms with Crippen molar-refractivity contribution in [1.29, 1.82) is 0 Å². The molecule has 130 valence electrons. The first-order valence-electron chi connectivity index (χ1n) is 6.00. The Morgan fingerprint density at radius 3 is 2.59 bits per heavy atom. The maximum absolute atomic E-state index is 12.1. The third-order valence-corrected chi connectivity index (χ3v) is 3.28. The molecule has 5 nitrogen and oxygen atoms in total. The summed E-state index contributed by atoms with van der Waals surface area (Å²) in [5.41, 5.74) is 5.68. The summed E-state index contributed by atoms with van der Waals surface area (Å²) in [4.78, 5) is 16.8. The van der Waals surface area contributed by atoms with Crippen LogP contribution in [0.5, 0.6) is 0 Å². The van der Waals surface area contributed by atoms with Gasteiger partial charge in [0, 0.05) is 18.5 Å². The summed E-state index contributed by atoms with van der Waals surface area (Å²) in [5, 5.41) is 4.88. The van der Waals surface area contributed by atoms with Gasteiger partial charge in [-0.3, -0.25) is 9.69 Å². The highest BCUT2D eigenvalue weighted by molar-refractivity contribution is 7.09. The number of aromatic nitrogens is 1. The van der Waals surface area contributed by atoms with Crippen LogP contribution in [0.15, 0.2) is 5.38 Å². The first-order chi connectivity index (χ1) is 9.31. The highest BCUT2D eigenvalue weighted by atomic mass is 35.5. The Morgan fingerprint density at radius 1 is 1.45 bits per heavy atom. The van der Waals surface area contributed by atoms with E-state index >= 15 is 0 Å². The van der Waals surface area contributed by atoms with Gasteiger partial charge in [-0.1, -0.05) is 0 Å². The highest BCUT2D eigenvalue weighted by Crippen LogP contribution is 2.15. The molecule has 0 atom stereocenters. The van der Waals surface area contributed by atoms with Crippen molar-refractivity contribution in [3.05, 3.63) is 16.1 Å². The van der Waals surface area contributed by atoms with Gasteiger partial charge in [-0.2, -0.15) is 13.2 Å². The van der Waals surface area contributed by atoms with Crippen LogP contribution in [0.3, 0.4) is 0 Å². The largest absolute Gasteiger partial charge is 0.401 e. The minimum Gasteiger partial charge on any atom is -0.351 e. The summed E-state index contributed by atoms with van der Waals surface area (Å²) in [5.74, 6) is -0.334. The van der Waals surface area contributed by atoms with E-state index in [0.29, 0.717) is 23.7 Å². The van der Waals surface area contributed by atoms with Crippen LogP contribution in [0.4, 0.5) is 13.2 Å². The Kier molecular flexibility index (Phi) is 11.8. The predicted molar refractivity (Wildman–Crippen MR) is 85.0 cm³/mol. The van der Waals surface area contributed by atoms with Crippen LogP contribution in [0.25, 0.3) is 0 Å². The number of rotatable bonds is 7. The molecule has 22 heavy (non-hydrogen) atoms. The molecule has 0 aromatic carbocycles. The van der Waals surface area contributed by atoms with Crippen LogP contribution in [0.1, 0.15) is 21.9 Å². The third kappa shape index (κ3) is 9.42. The summed E-state index contributed by atoms with van der Waals surface area (Å²) >= 11 is 1.30. The zero-order chi connectivity index (χ0) is 15.2. The molecule has 1 rings (SSSR count). The molecule has 11 heteroatoms. The average molecular weight is 383 g/mol. The molecule has 0 aliphatic carbocycles. The van der Waals surface area contributed by atoms with E-state index in [1.165, 1.54) is 23.3 Å². The van der Waals surface area contributed by atoms with Gasteiger partial charge in [-0.15, -0.1) is 36.2 Å². The van der Waals surface area contributed by atoms with E-state index in [4.69, 9.17) is 5.73 Å². The van der Waals surface area contributed by atoms with Crippen molar-refractivity contribution >= 4 is 42.1 Å². The molecule has 1 heterocycles. The van der Waals surface area contributed by atoms with E-state index in [1.807, 2.05) is 0 Å². The number of thiazole rings is 1. The molecule has 0 fully saturated rings. The quantitative estimate of drug-likeness (QED) is 0.708. The molecule has 1 aromatic rings. The molecule has 0 aliphatic rings.